The van der Waals surface area contributed by atoms with Crippen molar-refractivity contribution < 1.29 is 57.8 Å². The van der Waals surface area contributed by atoms with Crippen LogP contribution in [0.4, 0.5) is 0 Å². The van der Waals surface area contributed by atoms with Gasteiger partial charge < -0.3 is 48.3 Å². The van der Waals surface area contributed by atoms with Crippen LogP contribution in [0, 0.1) is 29.6 Å². The lowest BCUT2D eigenvalue weighted by molar-refractivity contribution is -0.159. The molecule has 2 N–H and O–H groups in total. The van der Waals surface area contributed by atoms with Crippen molar-refractivity contribution in [3.05, 3.63) is 48.2 Å². The molecule has 3 aliphatic rings. The number of ketones is 1. The minimum atomic E-state index is -0.931. The number of nitrogens with zero attached hydrogens (tertiary/aromatic N) is 1. The molecule has 13 nitrogen and oxygen atoms in total. The number of Topliss-reactive ketones (excluding diaryl/α,β-unsaturated/α-hetero) is 1. The van der Waals surface area contributed by atoms with Gasteiger partial charge in [-0.3, -0.25) is 9.59 Å². The van der Waals surface area contributed by atoms with Crippen LogP contribution in [-0.4, -0.2) is 136 Å². The quantitative estimate of drug-likeness (QED) is 0.0888. The molecule has 0 aliphatic carbocycles. The second kappa shape index (κ2) is 23.9. The molecule has 2 bridgehead atoms. The number of fused-ring (bicyclic) bond motifs is 2. The number of amides is 1. The van der Waals surface area contributed by atoms with E-state index in [1.165, 1.54) is 11.0 Å². The van der Waals surface area contributed by atoms with Crippen molar-refractivity contribution in [2.24, 2.45) is 29.6 Å². The third-order valence-electron chi connectivity index (χ3n) is 12.6. The maximum Gasteiger partial charge on any atom is 0.331 e. The molecule has 3 heterocycles. The molecule has 58 heavy (non-hydrogen) atoms. The zero-order chi connectivity index (χ0) is 43.2. The van der Waals surface area contributed by atoms with Crippen LogP contribution >= 0.6 is 0 Å². The van der Waals surface area contributed by atoms with Crippen molar-refractivity contribution in [1.29, 1.82) is 0 Å². The molecule has 1 amide bonds. The summed E-state index contributed by atoms with van der Waals surface area (Å²) in [5.41, 5.74) is 0.0428. The molecule has 1 fully saturated rings. The second-order valence-corrected chi connectivity index (χ2v) is 16.9. The normalized spacial score (nSPS) is 34.2. The topological polar surface area (TPSA) is 163 Å². The molecule has 0 aromatic heterocycles. The van der Waals surface area contributed by atoms with E-state index in [2.05, 4.69) is 6.08 Å². The van der Waals surface area contributed by atoms with Crippen LogP contribution < -0.4 is 0 Å². The summed E-state index contributed by atoms with van der Waals surface area (Å²) in [4.78, 5) is 39.4. The summed E-state index contributed by atoms with van der Waals surface area (Å²) in [5.74, 6) is -2.39. The third kappa shape index (κ3) is 13.9. The van der Waals surface area contributed by atoms with Crippen LogP contribution in [0.15, 0.2) is 48.2 Å². The van der Waals surface area contributed by atoms with Crippen molar-refractivity contribution in [3.63, 3.8) is 0 Å². The first-order valence-electron chi connectivity index (χ1n) is 20.9. The molecule has 0 unspecified atom stereocenters. The minimum Gasteiger partial charge on any atom is -0.458 e. The fraction of sp³-hybridized carbons (Fsp3) is 0.756. The molecule has 3 rings (SSSR count). The average Bonchev–Trinajstić information content (AvgIpc) is 4.02. The number of esters is 1. The number of aliphatic hydroxyl groups is 2. The smallest absolute Gasteiger partial charge is 0.331 e. The standard InChI is InChI=1S/C45H73NO12/c1-28-15-18-34(48)23-35-13-12-14-36(57-35)24-39(53-9)45(26-56-45)40(54-10)25-38(52-8)32(5)44(58-41(50)20-16-28)33(6)42(51)29(2)17-19-37(49)31(4)43(55-11)30(3)21-22-46(7)27-47/h12-13,15-16,20-22,27,29-36,38-40,42-44,48,51H,14,17-19,23-26H2,1-11H3/b20-16?,22-21+,28-15+/t29-,30+,31-,32-,33-,34-,35-,36-,38+,39-,40-,42-,43+,44-,45-/m0/s1. The lowest BCUT2D eigenvalue weighted by atomic mass is 9.78. The van der Waals surface area contributed by atoms with E-state index < -0.39 is 65.9 Å². The Balaban J connectivity index is 1.86. The fourth-order valence-corrected chi connectivity index (χ4v) is 8.63. The average molecular weight is 820 g/mol. The van der Waals surface area contributed by atoms with Crippen LogP contribution in [0.25, 0.3) is 0 Å². The third-order valence-corrected chi connectivity index (χ3v) is 12.6. The highest BCUT2D eigenvalue weighted by atomic mass is 16.6. The van der Waals surface area contributed by atoms with E-state index in [1.807, 2.05) is 59.8 Å². The van der Waals surface area contributed by atoms with Crippen molar-refractivity contribution >= 4 is 18.2 Å². The lowest BCUT2D eigenvalue weighted by Gasteiger charge is -2.39. The Morgan fingerprint density at radius 3 is 2.31 bits per heavy atom. The first-order valence-corrected chi connectivity index (χ1v) is 20.9. The zero-order valence-corrected chi connectivity index (χ0v) is 36.8. The summed E-state index contributed by atoms with van der Waals surface area (Å²) in [7, 11) is 8.13. The van der Waals surface area contributed by atoms with Crippen LogP contribution in [0.5, 0.6) is 0 Å². The highest BCUT2D eigenvalue weighted by Gasteiger charge is 2.59. The van der Waals surface area contributed by atoms with Crippen LogP contribution in [0.3, 0.4) is 0 Å². The molecule has 1 saturated heterocycles. The SMILES string of the molecule is CO[C@H]([C@H](C)/C=C/N(C)C=O)[C@@H](C)C(=O)CC[C@H](C)[C@H](O)[C@H](C)[C@H]1OC(=O)C=C/C(C)=C/C[C@H](O)C[C@@H]2C=CC[C@@H](C[C@H](OC)[C@@]3(CO3)[C@@H](OC)C[C@@H](OC)[C@@H]1C)O2. The van der Waals surface area contributed by atoms with Gasteiger partial charge in [-0.05, 0) is 32.1 Å². The number of ether oxygens (including phenoxy) is 7. The summed E-state index contributed by atoms with van der Waals surface area (Å²) in [5, 5.41) is 22.7. The number of aliphatic hydroxyl groups excluding tert-OH is 2. The summed E-state index contributed by atoms with van der Waals surface area (Å²) in [6.07, 6.45) is 11.9. The largest absolute Gasteiger partial charge is 0.458 e. The Kier molecular flexibility index (Phi) is 20.4. The first kappa shape index (κ1) is 49.6. The summed E-state index contributed by atoms with van der Waals surface area (Å²) in [6.45, 7) is 11.8. The maximum absolute atomic E-state index is 13.5. The monoisotopic (exact) mass is 820 g/mol. The Bertz CT molecular complexity index is 1410. The second-order valence-electron chi connectivity index (χ2n) is 16.9. The van der Waals surface area contributed by atoms with Gasteiger partial charge in [-0.2, -0.15) is 0 Å². The number of methoxy groups -OCH3 is 4. The highest BCUT2D eigenvalue weighted by Crippen LogP contribution is 2.43. The number of carbonyl (C=O) groups is 3. The molecule has 0 aromatic carbocycles. The van der Waals surface area contributed by atoms with E-state index in [0.29, 0.717) is 51.5 Å². The van der Waals surface area contributed by atoms with E-state index in [0.717, 1.165) is 5.57 Å². The van der Waals surface area contributed by atoms with Crippen LogP contribution in [0.2, 0.25) is 0 Å². The van der Waals surface area contributed by atoms with Crippen molar-refractivity contribution in [2.75, 3.05) is 42.1 Å². The number of rotatable bonds is 16. The number of hydrogen-bond donors (Lipinski definition) is 2. The van der Waals surface area contributed by atoms with Gasteiger partial charge in [-0.15, -0.1) is 0 Å². The van der Waals surface area contributed by atoms with Gasteiger partial charge in [0.25, 0.3) is 0 Å². The van der Waals surface area contributed by atoms with Gasteiger partial charge in [0.2, 0.25) is 6.41 Å². The predicted octanol–water partition coefficient (Wildman–Crippen LogP) is 5.37. The van der Waals surface area contributed by atoms with Crippen molar-refractivity contribution in [1.82, 2.24) is 4.90 Å². The number of hydrogen-bond acceptors (Lipinski definition) is 12. The fourth-order valence-electron chi connectivity index (χ4n) is 8.63. The van der Waals surface area contributed by atoms with Crippen LogP contribution in [0.1, 0.15) is 86.5 Å². The van der Waals surface area contributed by atoms with E-state index in [9.17, 15) is 24.6 Å². The Morgan fingerprint density at radius 2 is 1.71 bits per heavy atom. The first-order chi connectivity index (χ1) is 27.5. The Hall–Kier alpha value is -2.75. The number of epoxide rings is 1. The predicted molar refractivity (Wildman–Crippen MR) is 221 cm³/mol. The van der Waals surface area contributed by atoms with Crippen LogP contribution in [-0.2, 0) is 47.5 Å². The minimum absolute atomic E-state index is 0.00734. The van der Waals surface area contributed by atoms with Crippen molar-refractivity contribution in [3.8, 4) is 0 Å². The van der Waals surface area contributed by atoms with Gasteiger partial charge in [-0.1, -0.05) is 70.6 Å². The molecule has 3 aliphatic heterocycles. The van der Waals surface area contributed by atoms with Gasteiger partial charge >= 0.3 is 5.97 Å². The van der Waals surface area contributed by atoms with Gasteiger partial charge in [0.1, 0.15) is 17.5 Å². The molecular formula is C45H73NO12. The summed E-state index contributed by atoms with van der Waals surface area (Å²) in [6, 6.07) is 0. The highest BCUT2D eigenvalue weighted by molar-refractivity contribution is 5.82. The van der Waals surface area contributed by atoms with Gasteiger partial charge in [-0.25, -0.2) is 4.79 Å². The summed E-state index contributed by atoms with van der Waals surface area (Å²) < 4.78 is 42.8. The maximum atomic E-state index is 13.5. The lowest BCUT2D eigenvalue weighted by Crippen LogP contribution is -2.50. The van der Waals surface area contributed by atoms with Crippen molar-refractivity contribution in [2.45, 2.75) is 147 Å². The Morgan fingerprint density at radius 1 is 1.03 bits per heavy atom. The zero-order valence-electron chi connectivity index (χ0n) is 36.8. The number of allylic oxidation sites excluding steroid dienone is 2. The van der Waals surface area contributed by atoms with Gasteiger partial charge in [0, 0.05) is 97.1 Å². The molecule has 1 spiro atoms. The Labute approximate surface area is 347 Å². The molecule has 0 saturated carbocycles. The number of cyclic esters (lactones) is 1. The molecule has 330 valence electrons. The van der Waals surface area contributed by atoms with E-state index in [4.69, 9.17) is 33.2 Å². The molecule has 13 heteroatoms. The van der Waals surface area contributed by atoms with E-state index >= 15 is 0 Å². The van der Waals surface area contributed by atoms with E-state index in [-0.39, 0.29) is 42.4 Å². The molecule has 0 aromatic rings. The molecule has 0 radical (unpaired) electrons. The van der Waals surface area contributed by atoms with E-state index in [1.54, 1.807) is 47.8 Å². The van der Waals surface area contributed by atoms with Gasteiger partial charge in [0.05, 0.1) is 55.4 Å². The van der Waals surface area contributed by atoms with Gasteiger partial charge in [0.15, 0.2) is 0 Å². The number of carbonyl (C=O) groups excluding carboxylic acids is 3. The molecule has 15 atom stereocenters. The molecular weight excluding hydrogens is 746 g/mol. The summed E-state index contributed by atoms with van der Waals surface area (Å²) >= 11 is 0.